The van der Waals surface area contributed by atoms with Gasteiger partial charge in [0.15, 0.2) is 0 Å². The van der Waals surface area contributed by atoms with E-state index in [-0.39, 0.29) is 5.56 Å². The molecular formula is C20H21FN2O3. The number of nitrogens with two attached hydrogens (primary N) is 1. The quantitative estimate of drug-likeness (QED) is 0.826. The number of piperidine rings is 1. The lowest BCUT2D eigenvalue weighted by molar-refractivity contribution is -0.145. The van der Waals surface area contributed by atoms with E-state index in [1.54, 1.807) is 43.3 Å². The predicted molar refractivity (Wildman–Crippen MR) is 96.1 cm³/mol. The van der Waals surface area contributed by atoms with Crippen LogP contribution in [0.1, 0.15) is 40.4 Å². The molecule has 1 fully saturated rings. The molecule has 0 unspecified atom stereocenters. The monoisotopic (exact) mass is 356 g/mol. The number of likely N-dealkylation sites (tertiary alicyclic amines) is 1. The van der Waals surface area contributed by atoms with Crippen LogP contribution in [0.4, 0.5) is 10.1 Å². The second kappa shape index (κ2) is 7.15. The van der Waals surface area contributed by atoms with Crippen molar-refractivity contribution in [2.75, 3.05) is 12.3 Å². The SMILES string of the molecule is Cc1cccc(F)c1C(=O)N1CCC[C@H](C(=O)O)[C@@H]1c1ccc(N)cc1. The number of aryl methyl sites for hydroxylation is 1. The number of hydrogen-bond acceptors (Lipinski definition) is 3. The lowest BCUT2D eigenvalue weighted by Gasteiger charge is -2.40. The van der Waals surface area contributed by atoms with Gasteiger partial charge in [-0.1, -0.05) is 24.3 Å². The van der Waals surface area contributed by atoms with Crippen LogP contribution in [0.2, 0.25) is 0 Å². The maximum Gasteiger partial charge on any atom is 0.308 e. The summed E-state index contributed by atoms with van der Waals surface area (Å²) in [5, 5.41) is 9.67. The van der Waals surface area contributed by atoms with Crippen molar-refractivity contribution < 1.29 is 19.1 Å². The van der Waals surface area contributed by atoms with E-state index in [0.29, 0.717) is 36.2 Å². The number of hydrogen-bond donors (Lipinski definition) is 2. The smallest absolute Gasteiger partial charge is 0.308 e. The van der Waals surface area contributed by atoms with Crippen LogP contribution in [0.5, 0.6) is 0 Å². The molecule has 136 valence electrons. The number of carbonyl (C=O) groups excluding carboxylic acids is 1. The standard InChI is InChI=1S/C20H21FN2O3/c1-12-4-2-6-16(21)17(12)19(24)23-11-3-5-15(20(25)26)18(23)13-7-9-14(22)10-8-13/h2,4,6-10,15,18H,3,5,11,22H2,1H3,(H,25,26)/t15-,18-/m0/s1. The first kappa shape index (κ1) is 17.9. The van der Waals surface area contributed by atoms with Crippen LogP contribution in [0.25, 0.3) is 0 Å². The van der Waals surface area contributed by atoms with Crippen molar-refractivity contribution in [2.24, 2.45) is 5.92 Å². The summed E-state index contributed by atoms with van der Waals surface area (Å²) in [5.41, 5.74) is 7.50. The Balaban J connectivity index is 2.06. The van der Waals surface area contributed by atoms with Gasteiger partial charge in [-0.05, 0) is 49.1 Å². The van der Waals surface area contributed by atoms with E-state index in [2.05, 4.69) is 0 Å². The summed E-state index contributed by atoms with van der Waals surface area (Å²) in [4.78, 5) is 26.4. The molecule has 1 aliphatic heterocycles. The topological polar surface area (TPSA) is 83.6 Å². The zero-order valence-electron chi connectivity index (χ0n) is 14.5. The Hall–Kier alpha value is -2.89. The summed E-state index contributed by atoms with van der Waals surface area (Å²) in [6.45, 7) is 2.05. The van der Waals surface area contributed by atoms with E-state index in [1.807, 2.05) is 0 Å². The maximum absolute atomic E-state index is 14.3. The summed E-state index contributed by atoms with van der Waals surface area (Å²) < 4.78 is 14.3. The first-order valence-electron chi connectivity index (χ1n) is 8.54. The molecule has 1 saturated heterocycles. The van der Waals surface area contributed by atoms with Gasteiger partial charge in [0.1, 0.15) is 5.82 Å². The molecule has 0 radical (unpaired) electrons. The third-order valence-corrected chi connectivity index (χ3v) is 4.92. The highest BCUT2D eigenvalue weighted by Crippen LogP contribution is 2.38. The lowest BCUT2D eigenvalue weighted by Crippen LogP contribution is -2.45. The number of anilines is 1. The van der Waals surface area contributed by atoms with Crippen LogP contribution in [0.3, 0.4) is 0 Å². The normalized spacial score (nSPS) is 20.0. The van der Waals surface area contributed by atoms with Crippen molar-refractivity contribution in [3.8, 4) is 0 Å². The van der Waals surface area contributed by atoms with Gasteiger partial charge in [-0.25, -0.2) is 4.39 Å². The summed E-state index contributed by atoms with van der Waals surface area (Å²) >= 11 is 0. The van der Waals surface area contributed by atoms with Crippen LogP contribution < -0.4 is 5.73 Å². The van der Waals surface area contributed by atoms with E-state index in [9.17, 15) is 19.1 Å². The summed E-state index contributed by atoms with van der Waals surface area (Å²) in [6.07, 6.45) is 1.02. The van der Waals surface area contributed by atoms with Gasteiger partial charge in [0.05, 0.1) is 17.5 Å². The molecule has 3 rings (SSSR count). The van der Waals surface area contributed by atoms with Gasteiger partial charge in [0.25, 0.3) is 5.91 Å². The van der Waals surface area contributed by atoms with E-state index in [4.69, 9.17) is 5.73 Å². The average molecular weight is 356 g/mol. The fraction of sp³-hybridized carbons (Fsp3) is 0.300. The molecular weight excluding hydrogens is 335 g/mol. The van der Waals surface area contributed by atoms with Gasteiger partial charge in [-0.15, -0.1) is 0 Å². The number of carboxylic acids is 1. The number of amides is 1. The fourth-order valence-corrected chi connectivity index (χ4v) is 3.63. The van der Waals surface area contributed by atoms with E-state index in [1.165, 1.54) is 11.0 Å². The molecule has 6 heteroatoms. The van der Waals surface area contributed by atoms with Gasteiger partial charge < -0.3 is 15.7 Å². The number of carboxylic acid groups (broad SMARTS) is 1. The zero-order valence-corrected chi connectivity index (χ0v) is 14.5. The summed E-state index contributed by atoms with van der Waals surface area (Å²) in [6, 6.07) is 10.6. The Labute approximate surface area is 151 Å². The highest BCUT2D eigenvalue weighted by molar-refractivity contribution is 5.96. The molecule has 0 aliphatic carbocycles. The minimum absolute atomic E-state index is 0.000941. The lowest BCUT2D eigenvalue weighted by atomic mass is 9.84. The Morgan fingerprint density at radius 1 is 1.19 bits per heavy atom. The molecule has 0 aromatic heterocycles. The van der Waals surface area contributed by atoms with Crippen molar-refractivity contribution in [1.82, 2.24) is 4.90 Å². The molecule has 5 nitrogen and oxygen atoms in total. The largest absolute Gasteiger partial charge is 0.481 e. The third-order valence-electron chi connectivity index (χ3n) is 4.92. The van der Waals surface area contributed by atoms with Crippen LogP contribution in [0.15, 0.2) is 42.5 Å². The number of rotatable bonds is 3. The molecule has 0 saturated carbocycles. The number of nitrogen functional groups attached to an aromatic ring is 1. The van der Waals surface area contributed by atoms with E-state index in [0.717, 1.165) is 0 Å². The van der Waals surface area contributed by atoms with Gasteiger partial charge in [0, 0.05) is 12.2 Å². The molecule has 2 aromatic carbocycles. The minimum Gasteiger partial charge on any atom is -0.481 e. The van der Waals surface area contributed by atoms with Crippen LogP contribution in [-0.2, 0) is 4.79 Å². The van der Waals surface area contributed by atoms with Gasteiger partial charge >= 0.3 is 5.97 Å². The molecule has 1 amide bonds. The molecule has 2 aromatic rings. The van der Waals surface area contributed by atoms with Crippen molar-refractivity contribution in [3.05, 3.63) is 65.0 Å². The number of nitrogens with zero attached hydrogens (tertiary/aromatic N) is 1. The van der Waals surface area contributed by atoms with E-state index >= 15 is 0 Å². The summed E-state index contributed by atoms with van der Waals surface area (Å²) in [7, 11) is 0. The number of halogens is 1. The van der Waals surface area contributed by atoms with Crippen LogP contribution in [0, 0.1) is 18.7 Å². The molecule has 0 spiro atoms. The molecule has 1 heterocycles. The van der Waals surface area contributed by atoms with Crippen molar-refractivity contribution in [3.63, 3.8) is 0 Å². The summed E-state index contributed by atoms with van der Waals surface area (Å²) in [5.74, 6) is -2.78. The molecule has 3 N–H and O–H groups in total. The highest BCUT2D eigenvalue weighted by atomic mass is 19.1. The number of aliphatic carboxylic acids is 1. The second-order valence-electron chi connectivity index (χ2n) is 6.63. The maximum atomic E-state index is 14.3. The third kappa shape index (κ3) is 3.27. The van der Waals surface area contributed by atoms with Gasteiger partial charge in [-0.3, -0.25) is 9.59 Å². The number of carbonyl (C=O) groups is 2. The van der Waals surface area contributed by atoms with Crippen molar-refractivity contribution in [1.29, 1.82) is 0 Å². The van der Waals surface area contributed by atoms with Gasteiger partial charge in [0.2, 0.25) is 0 Å². The molecule has 2 atom stereocenters. The Morgan fingerprint density at radius 2 is 1.88 bits per heavy atom. The molecule has 0 bridgehead atoms. The zero-order chi connectivity index (χ0) is 18.8. The highest BCUT2D eigenvalue weighted by Gasteiger charge is 2.40. The first-order valence-corrected chi connectivity index (χ1v) is 8.54. The van der Waals surface area contributed by atoms with Gasteiger partial charge in [-0.2, -0.15) is 0 Å². The molecule has 1 aliphatic rings. The Kier molecular flexibility index (Phi) is 4.93. The minimum atomic E-state index is -0.963. The number of benzene rings is 2. The average Bonchev–Trinajstić information content (AvgIpc) is 2.61. The van der Waals surface area contributed by atoms with Crippen molar-refractivity contribution in [2.45, 2.75) is 25.8 Å². The molecule has 26 heavy (non-hydrogen) atoms. The fourth-order valence-electron chi connectivity index (χ4n) is 3.63. The van der Waals surface area contributed by atoms with Crippen LogP contribution in [-0.4, -0.2) is 28.4 Å². The van der Waals surface area contributed by atoms with Crippen LogP contribution >= 0.6 is 0 Å². The Morgan fingerprint density at radius 3 is 2.50 bits per heavy atom. The van der Waals surface area contributed by atoms with E-state index < -0.39 is 29.7 Å². The van der Waals surface area contributed by atoms with Crippen molar-refractivity contribution >= 4 is 17.6 Å². The first-order chi connectivity index (χ1) is 12.4. The predicted octanol–water partition coefficient (Wildman–Crippen LogP) is 3.39. The second-order valence-corrected chi connectivity index (χ2v) is 6.63. The Bertz CT molecular complexity index is 815.